The number of thioether (sulfide) groups is 1. The third-order valence-electron chi connectivity index (χ3n) is 3.30. The number of hydrogen-bond acceptors (Lipinski definition) is 2. The van der Waals surface area contributed by atoms with Gasteiger partial charge in [0.1, 0.15) is 0 Å². The monoisotopic (exact) mass is 285 g/mol. The lowest BCUT2D eigenvalue weighted by molar-refractivity contribution is 0.0988. The summed E-state index contributed by atoms with van der Waals surface area (Å²) in [6.07, 6.45) is 2.03. The van der Waals surface area contributed by atoms with Crippen molar-refractivity contribution in [2.75, 3.05) is 17.7 Å². The summed E-state index contributed by atoms with van der Waals surface area (Å²) < 4.78 is 0. The number of amides is 1. The van der Waals surface area contributed by atoms with E-state index in [-0.39, 0.29) is 5.91 Å². The Balaban J connectivity index is 2.31. The second kappa shape index (κ2) is 6.62. The Hall–Kier alpha value is -1.74. The fraction of sp³-hybridized carbons (Fsp3) is 0.235. The maximum Gasteiger partial charge on any atom is 0.258 e. The molecular formula is C17H19NOS. The molecule has 0 radical (unpaired) electrons. The Morgan fingerprint density at radius 2 is 1.75 bits per heavy atom. The SMILES string of the molecule is CCN(C(=O)c1ccc(SC)cc1)c1ccccc1C. The van der Waals surface area contributed by atoms with Crippen molar-refractivity contribution >= 4 is 23.4 Å². The van der Waals surface area contributed by atoms with Gasteiger partial charge in [0.05, 0.1) is 0 Å². The molecule has 3 heteroatoms. The third-order valence-corrected chi connectivity index (χ3v) is 4.05. The van der Waals surface area contributed by atoms with Gasteiger partial charge in [0.2, 0.25) is 0 Å². The maximum atomic E-state index is 12.6. The highest BCUT2D eigenvalue weighted by molar-refractivity contribution is 7.98. The Bertz CT molecular complexity index is 592. The molecule has 0 saturated heterocycles. The maximum absolute atomic E-state index is 12.6. The normalized spacial score (nSPS) is 10.3. The molecule has 2 aromatic rings. The Morgan fingerprint density at radius 3 is 2.30 bits per heavy atom. The highest BCUT2D eigenvalue weighted by atomic mass is 32.2. The molecule has 0 aliphatic carbocycles. The van der Waals surface area contributed by atoms with Crippen molar-refractivity contribution in [3.8, 4) is 0 Å². The molecule has 0 saturated carbocycles. The lowest BCUT2D eigenvalue weighted by Gasteiger charge is -2.23. The smallest absolute Gasteiger partial charge is 0.258 e. The van der Waals surface area contributed by atoms with E-state index in [1.54, 1.807) is 11.8 Å². The zero-order chi connectivity index (χ0) is 14.5. The summed E-state index contributed by atoms with van der Waals surface area (Å²) in [5, 5.41) is 0. The predicted octanol–water partition coefficient (Wildman–Crippen LogP) is 4.38. The van der Waals surface area contributed by atoms with Crippen molar-refractivity contribution in [3.05, 3.63) is 59.7 Å². The summed E-state index contributed by atoms with van der Waals surface area (Å²) in [7, 11) is 0. The number of carbonyl (C=O) groups excluding carboxylic acids is 1. The molecule has 0 bridgehead atoms. The molecule has 0 atom stereocenters. The summed E-state index contributed by atoms with van der Waals surface area (Å²) in [6.45, 7) is 4.69. The highest BCUT2D eigenvalue weighted by Crippen LogP contribution is 2.22. The van der Waals surface area contributed by atoms with Crippen LogP contribution in [0.15, 0.2) is 53.4 Å². The average Bonchev–Trinajstić information content (AvgIpc) is 2.50. The van der Waals surface area contributed by atoms with E-state index in [0.29, 0.717) is 6.54 Å². The van der Waals surface area contributed by atoms with E-state index >= 15 is 0 Å². The van der Waals surface area contributed by atoms with Gasteiger partial charge in [0.15, 0.2) is 0 Å². The first kappa shape index (κ1) is 14.7. The summed E-state index contributed by atoms with van der Waals surface area (Å²) in [4.78, 5) is 15.6. The molecule has 2 aromatic carbocycles. The number of aryl methyl sites for hydroxylation is 1. The number of benzene rings is 2. The van der Waals surface area contributed by atoms with Gasteiger partial charge in [0.25, 0.3) is 5.91 Å². The van der Waals surface area contributed by atoms with Crippen molar-refractivity contribution in [2.45, 2.75) is 18.7 Å². The van der Waals surface area contributed by atoms with Crippen LogP contribution in [0.2, 0.25) is 0 Å². The Morgan fingerprint density at radius 1 is 1.10 bits per heavy atom. The average molecular weight is 285 g/mol. The molecule has 0 aliphatic heterocycles. The molecule has 0 heterocycles. The van der Waals surface area contributed by atoms with Gasteiger partial charge in [-0.3, -0.25) is 4.79 Å². The predicted molar refractivity (Wildman–Crippen MR) is 86.8 cm³/mol. The first-order chi connectivity index (χ1) is 9.67. The van der Waals surface area contributed by atoms with Crippen LogP contribution in [0.4, 0.5) is 5.69 Å². The fourth-order valence-corrected chi connectivity index (χ4v) is 2.59. The molecule has 2 rings (SSSR count). The van der Waals surface area contributed by atoms with Gasteiger partial charge in [-0.05, 0) is 56.0 Å². The molecule has 104 valence electrons. The number of rotatable bonds is 4. The number of nitrogens with zero attached hydrogens (tertiary/aromatic N) is 1. The summed E-state index contributed by atoms with van der Waals surface area (Å²) in [5.41, 5.74) is 2.82. The largest absolute Gasteiger partial charge is 0.308 e. The van der Waals surface area contributed by atoms with E-state index < -0.39 is 0 Å². The van der Waals surface area contributed by atoms with E-state index in [1.165, 1.54) is 4.90 Å². The molecule has 0 unspecified atom stereocenters. The van der Waals surface area contributed by atoms with Crippen LogP contribution in [0.25, 0.3) is 0 Å². The molecule has 1 amide bonds. The molecule has 0 fully saturated rings. The van der Waals surface area contributed by atoms with Crippen LogP contribution in [0.5, 0.6) is 0 Å². The zero-order valence-corrected chi connectivity index (χ0v) is 12.9. The van der Waals surface area contributed by atoms with Crippen LogP contribution in [-0.2, 0) is 0 Å². The topological polar surface area (TPSA) is 20.3 Å². The number of hydrogen-bond donors (Lipinski definition) is 0. The molecule has 0 aromatic heterocycles. The quantitative estimate of drug-likeness (QED) is 0.777. The van der Waals surface area contributed by atoms with E-state index in [9.17, 15) is 4.79 Å². The minimum Gasteiger partial charge on any atom is -0.308 e. The van der Waals surface area contributed by atoms with Crippen molar-refractivity contribution < 1.29 is 4.79 Å². The van der Waals surface area contributed by atoms with Crippen LogP contribution >= 0.6 is 11.8 Å². The molecule has 0 N–H and O–H groups in total. The lowest BCUT2D eigenvalue weighted by Crippen LogP contribution is -2.31. The van der Waals surface area contributed by atoms with Gasteiger partial charge in [-0.15, -0.1) is 11.8 Å². The van der Waals surface area contributed by atoms with Gasteiger partial charge in [-0.25, -0.2) is 0 Å². The van der Waals surface area contributed by atoms with Crippen molar-refractivity contribution in [1.82, 2.24) is 0 Å². The highest BCUT2D eigenvalue weighted by Gasteiger charge is 2.17. The number of anilines is 1. The summed E-state index contributed by atoms with van der Waals surface area (Å²) in [5.74, 6) is 0.0504. The zero-order valence-electron chi connectivity index (χ0n) is 12.1. The van der Waals surface area contributed by atoms with Crippen LogP contribution in [-0.4, -0.2) is 18.7 Å². The van der Waals surface area contributed by atoms with Gasteiger partial charge in [-0.2, -0.15) is 0 Å². The van der Waals surface area contributed by atoms with Gasteiger partial charge >= 0.3 is 0 Å². The van der Waals surface area contributed by atoms with Crippen molar-refractivity contribution in [1.29, 1.82) is 0 Å². The summed E-state index contributed by atoms with van der Waals surface area (Å²) in [6, 6.07) is 15.8. The first-order valence-electron chi connectivity index (χ1n) is 6.69. The number of para-hydroxylation sites is 1. The first-order valence-corrected chi connectivity index (χ1v) is 7.91. The van der Waals surface area contributed by atoms with E-state index in [0.717, 1.165) is 16.8 Å². The second-order valence-electron chi connectivity index (χ2n) is 4.56. The van der Waals surface area contributed by atoms with E-state index in [1.807, 2.05) is 73.5 Å². The van der Waals surface area contributed by atoms with Crippen LogP contribution in [0.3, 0.4) is 0 Å². The van der Waals surface area contributed by atoms with Crippen LogP contribution in [0.1, 0.15) is 22.8 Å². The fourth-order valence-electron chi connectivity index (χ4n) is 2.18. The molecule has 20 heavy (non-hydrogen) atoms. The second-order valence-corrected chi connectivity index (χ2v) is 5.44. The Kier molecular flexibility index (Phi) is 4.85. The molecule has 2 nitrogen and oxygen atoms in total. The van der Waals surface area contributed by atoms with E-state index in [4.69, 9.17) is 0 Å². The lowest BCUT2D eigenvalue weighted by atomic mass is 10.1. The summed E-state index contributed by atoms with van der Waals surface area (Å²) >= 11 is 1.68. The molecule has 0 spiro atoms. The minimum atomic E-state index is 0.0504. The molecule has 0 aliphatic rings. The van der Waals surface area contributed by atoms with Gasteiger partial charge in [0, 0.05) is 22.7 Å². The van der Waals surface area contributed by atoms with Crippen LogP contribution in [0, 0.1) is 6.92 Å². The minimum absolute atomic E-state index is 0.0504. The van der Waals surface area contributed by atoms with Crippen molar-refractivity contribution in [2.24, 2.45) is 0 Å². The Labute approximate surface area is 124 Å². The van der Waals surface area contributed by atoms with Crippen molar-refractivity contribution in [3.63, 3.8) is 0 Å². The number of carbonyl (C=O) groups is 1. The van der Waals surface area contributed by atoms with Gasteiger partial charge in [-0.1, -0.05) is 18.2 Å². The standard InChI is InChI=1S/C17H19NOS/c1-4-18(16-8-6-5-7-13(16)2)17(19)14-9-11-15(20-3)12-10-14/h5-12H,4H2,1-3H3. The third kappa shape index (κ3) is 3.05. The van der Waals surface area contributed by atoms with E-state index in [2.05, 4.69) is 0 Å². The van der Waals surface area contributed by atoms with Gasteiger partial charge < -0.3 is 4.90 Å². The van der Waals surface area contributed by atoms with Crippen LogP contribution < -0.4 is 4.90 Å². The molecular weight excluding hydrogens is 266 g/mol.